The van der Waals surface area contributed by atoms with Gasteiger partial charge in [-0.3, -0.25) is 19.8 Å². The van der Waals surface area contributed by atoms with Gasteiger partial charge < -0.3 is 0 Å². The molecule has 1 aliphatic heterocycles. The van der Waals surface area contributed by atoms with Gasteiger partial charge in [0.25, 0.3) is 17.7 Å². The molecule has 1 aromatic carbocycles. The highest BCUT2D eigenvalue weighted by molar-refractivity contribution is 6.09. The standard InChI is InChI=1S/C18H15F3N2O3/c19-18(20,21)9-3-1-8(2-4-9)14(24)22-23-15(25)12-10-5-6-17(10)7-11(17)13(12)16(23)26/h1-4,10-13H,5-7H2,(H,22,24). The molecular formula is C18H15F3N2O3. The first-order chi connectivity index (χ1) is 12.2. The van der Waals surface area contributed by atoms with E-state index in [1.54, 1.807) is 0 Å². The third kappa shape index (κ3) is 1.84. The van der Waals surface area contributed by atoms with E-state index >= 15 is 0 Å². The Kier molecular flexibility index (Phi) is 2.84. The van der Waals surface area contributed by atoms with Crippen molar-refractivity contribution in [1.82, 2.24) is 10.4 Å². The van der Waals surface area contributed by atoms with Crippen molar-refractivity contribution in [3.63, 3.8) is 0 Å². The highest BCUT2D eigenvalue weighted by atomic mass is 19.4. The Labute approximate surface area is 146 Å². The predicted molar refractivity (Wildman–Crippen MR) is 81.0 cm³/mol. The van der Waals surface area contributed by atoms with Crippen LogP contribution in [-0.2, 0) is 15.8 Å². The summed E-state index contributed by atoms with van der Waals surface area (Å²) in [5.74, 6) is -1.73. The van der Waals surface area contributed by atoms with Crippen LogP contribution in [0.3, 0.4) is 0 Å². The SMILES string of the molecule is O=C(NN1C(=O)C2C(C1=O)C1CC13CCC23)c1ccc(C(F)(F)F)cc1. The molecule has 1 spiro atoms. The number of hydrogen-bond acceptors (Lipinski definition) is 3. The topological polar surface area (TPSA) is 66.5 Å². The van der Waals surface area contributed by atoms with Gasteiger partial charge in [0.2, 0.25) is 0 Å². The van der Waals surface area contributed by atoms with Crippen LogP contribution in [-0.4, -0.2) is 22.7 Å². The maximum Gasteiger partial charge on any atom is 0.416 e. The van der Waals surface area contributed by atoms with Crippen LogP contribution >= 0.6 is 0 Å². The molecule has 3 amide bonds. The Hall–Kier alpha value is -2.38. The molecule has 4 aliphatic rings. The van der Waals surface area contributed by atoms with E-state index in [-0.39, 0.29) is 46.5 Å². The molecule has 4 fully saturated rings. The molecule has 8 heteroatoms. The number of alkyl halides is 3. The molecule has 0 bridgehead atoms. The number of rotatable bonds is 2. The third-order valence-electron chi connectivity index (χ3n) is 6.79. The van der Waals surface area contributed by atoms with Crippen molar-refractivity contribution in [3.05, 3.63) is 35.4 Å². The van der Waals surface area contributed by atoms with Crippen molar-refractivity contribution in [1.29, 1.82) is 0 Å². The number of benzene rings is 1. The van der Waals surface area contributed by atoms with Gasteiger partial charge in [0.15, 0.2) is 0 Å². The van der Waals surface area contributed by atoms with Crippen LogP contribution in [0.1, 0.15) is 35.2 Å². The van der Waals surface area contributed by atoms with Gasteiger partial charge in [0, 0.05) is 5.56 Å². The van der Waals surface area contributed by atoms with E-state index in [2.05, 4.69) is 5.43 Å². The first-order valence-electron chi connectivity index (χ1n) is 8.60. The van der Waals surface area contributed by atoms with E-state index in [9.17, 15) is 27.6 Å². The molecule has 0 aromatic heterocycles. The Morgan fingerprint density at radius 3 is 2.23 bits per heavy atom. The summed E-state index contributed by atoms with van der Waals surface area (Å²) in [7, 11) is 0. The van der Waals surface area contributed by atoms with Gasteiger partial charge in [-0.2, -0.15) is 18.2 Å². The summed E-state index contributed by atoms with van der Waals surface area (Å²) >= 11 is 0. The molecule has 136 valence electrons. The highest BCUT2D eigenvalue weighted by Crippen LogP contribution is 2.80. The fourth-order valence-corrected chi connectivity index (χ4v) is 5.41. The normalized spacial score (nSPS) is 37.0. The zero-order valence-electron chi connectivity index (χ0n) is 13.5. The fraction of sp³-hybridized carbons (Fsp3) is 0.500. The van der Waals surface area contributed by atoms with E-state index in [0.29, 0.717) is 0 Å². The maximum absolute atomic E-state index is 12.6. The number of nitrogens with one attached hydrogen (secondary N) is 1. The second kappa shape index (κ2) is 4.66. The largest absolute Gasteiger partial charge is 0.416 e. The maximum atomic E-state index is 12.6. The van der Waals surface area contributed by atoms with Gasteiger partial charge in [-0.05, 0) is 60.8 Å². The summed E-state index contributed by atoms with van der Waals surface area (Å²) in [4.78, 5) is 37.6. The molecule has 5 unspecified atom stereocenters. The third-order valence-corrected chi connectivity index (χ3v) is 6.79. The van der Waals surface area contributed by atoms with Crippen molar-refractivity contribution >= 4 is 17.7 Å². The van der Waals surface area contributed by atoms with E-state index < -0.39 is 17.6 Å². The summed E-state index contributed by atoms with van der Waals surface area (Å²) < 4.78 is 37.8. The molecule has 1 saturated heterocycles. The predicted octanol–water partition coefficient (Wildman–Crippen LogP) is 2.38. The second-order valence-electron chi connectivity index (χ2n) is 7.77. The molecule has 26 heavy (non-hydrogen) atoms. The van der Waals surface area contributed by atoms with Crippen LogP contribution in [0.5, 0.6) is 0 Å². The lowest BCUT2D eigenvalue weighted by atomic mass is 9.67. The van der Waals surface area contributed by atoms with Gasteiger partial charge >= 0.3 is 6.18 Å². The Morgan fingerprint density at radius 1 is 1.08 bits per heavy atom. The van der Waals surface area contributed by atoms with Gasteiger partial charge in [-0.25, -0.2) is 0 Å². The summed E-state index contributed by atoms with van der Waals surface area (Å²) in [6, 6.07) is 3.65. The van der Waals surface area contributed by atoms with Crippen LogP contribution in [0.4, 0.5) is 13.2 Å². The van der Waals surface area contributed by atoms with Crippen LogP contribution < -0.4 is 5.43 Å². The Bertz CT molecular complexity index is 834. The monoisotopic (exact) mass is 364 g/mol. The minimum Gasteiger partial charge on any atom is -0.272 e. The number of fused-ring (bicyclic) bond motifs is 3. The van der Waals surface area contributed by atoms with Crippen molar-refractivity contribution in [3.8, 4) is 0 Å². The van der Waals surface area contributed by atoms with Gasteiger partial charge in [0.1, 0.15) is 0 Å². The van der Waals surface area contributed by atoms with Gasteiger partial charge in [-0.1, -0.05) is 0 Å². The van der Waals surface area contributed by atoms with Crippen LogP contribution in [0, 0.1) is 29.1 Å². The van der Waals surface area contributed by atoms with Crippen LogP contribution in [0.2, 0.25) is 0 Å². The molecule has 5 nitrogen and oxygen atoms in total. The molecule has 3 saturated carbocycles. The lowest BCUT2D eigenvalue weighted by molar-refractivity contribution is -0.144. The zero-order chi connectivity index (χ0) is 18.4. The molecule has 1 heterocycles. The number of carbonyl (C=O) groups is 3. The number of imide groups is 1. The lowest BCUT2D eigenvalue weighted by Gasteiger charge is -2.37. The molecule has 1 aromatic rings. The molecule has 5 atom stereocenters. The minimum atomic E-state index is -4.49. The number of hydrazine groups is 1. The molecule has 3 aliphatic carbocycles. The summed E-state index contributed by atoms with van der Waals surface area (Å²) in [6.07, 6.45) is -1.49. The number of nitrogens with zero attached hydrogens (tertiary/aromatic N) is 1. The number of hydrogen-bond donors (Lipinski definition) is 1. The summed E-state index contributed by atoms with van der Waals surface area (Å²) in [5.41, 5.74) is 1.58. The highest BCUT2D eigenvalue weighted by Gasteiger charge is 2.79. The second-order valence-corrected chi connectivity index (χ2v) is 7.77. The fourth-order valence-electron chi connectivity index (χ4n) is 5.41. The van der Waals surface area contributed by atoms with Crippen LogP contribution in [0.15, 0.2) is 24.3 Å². The summed E-state index contributed by atoms with van der Waals surface area (Å²) in [5, 5.41) is 0.788. The smallest absolute Gasteiger partial charge is 0.272 e. The van der Waals surface area contributed by atoms with E-state index in [1.165, 1.54) is 0 Å². The number of halogens is 3. The van der Waals surface area contributed by atoms with Crippen molar-refractivity contribution in [2.75, 3.05) is 0 Å². The van der Waals surface area contributed by atoms with Crippen molar-refractivity contribution in [2.24, 2.45) is 29.1 Å². The number of amides is 3. The Balaban J connectivity index is 1.33. The summed E-state index contributed by atoms with van der Waals surface area (Å²) in [6.45, 7) is 0. The van der Waals surface area contributed by atoms with Crippen molar-refractivity contribution in [2.45, 2.75) is 25.4 Å². The minimum absolute atomic E-state index is 0.0416. The molecule has 0 radical (unpaired) electrons. The van der Waals surface area contributed by atoms with Gasteiger partial charge in [0.05, 0.1) is 17.4 Å². The Morgan fingerprint density at radius 2 is 1.69 bits per heavy atom. The first kappa shape index (κ1) is 15.8. The quantitative estimate of drug-likeness (QED) is 0.820. The van der Waals surface area contributed by atoms with Gasteiger partial charge in [-0.15, -0.1) is 0 Å². The molecular weight excluding hydrogens is 349 g/mol. The van der Waals surface area contributed by atoms with Crippen LogP contribution in [0.25, 0.3) is 0 Å². The first-order valence-corrected chi connectivity index (χ1v) is 8.60. The average Bonchev–Trinajstić information content (AvgIpc) is 3.25. The lowest BCUT2D eigenvalue weighted by Crippen LogP contribution is -2.48. The van der Waals surface area contributed by atoms with E-state index in [1.807, 2.05) is 0 Å². The zero-order valence-corrected chi connectivity index (χ0v) is 13.5. The molecule has 5 rings (SSSR count). The molecule has 1 N–H and O–H groups in total. The van der Waals surface area contributed by atoms with Crippen molar-refractivity contribution < 1.29 is 27.6 Å². The number of carbonyl (C=O) groups excluding carboxylic acids is 3. The van der Waals surface area contributed by atoms with E-state index in [4.69, 9.17) is 0 Å². The van der Waals surface area contributed by atoms with E-state index in [0.717, 1.165) is 48.5 Å². The average molecular weight is 364 g/mol.